The van der Waals surface area contributed by atoms with Gasteiger partial charge >= 0.3 is 0 Å². The Kier molecular flexibility index (Phi) is 5.76. The van der Waals surface area contributed by atoms with Gasteiger partial charge in [-0.25, -0.2) is 4.39 Å². The van der Waals surface area contributed by atoms with Crippen LogP contribution in [0.4, 0.5) is 4.39 Å². The van der Waals surface area contributed by atoms with Gasteiger partial charge in [0.1, 0.15) is 11.6 Å². The zero-order chi connectivity index (χ0) is 15.2. The van der Waals surface area contributed by atoms with Gasteiger partial charge in [0.25, 0.3) is 0 Å². The van der Waals surface area contributed by atoms with E-state index in [4.69, 9.17) is 4.74 Å². The van der Waals surface area contributed by atoms with Crippen molar-refractivity contribution in [1.82, 2.24) is 5.32 Å². The highest BCUT2D eigenvalue weighted by molar-refractivity contribution is 9.10. The molecule has 2 nitrogen and oxygen atoms in total. The van der Waals surface area contributed by atoms with Gasteiger partial charge < -0.3 is 10.1 Å². The fourth-order valence-electron chi connectivity index (χ4n) is 2.33. The number of benzene rings is 2. The van der Waals surface area contributed by atoms with Gasteiger partial charge in [0.2, 0.25) is 0 Å². The van der Waals surface area contributed by atoms with Gasteiger partial charge in [0.15, 0.2) is 0 Å². The zero-order valence-electron chi connectivity index (χ0n) is 12.2. The highest BCUT2D eigenvalue weighted by Crippen LogP contribution is 2.28. The molecule has 0 bridgehead atoms. The fraction of sp³-hybridized carbons (Fsp3) is 0.294. The molecular weight excluding hydrogens is 333 g/mol. The van der Waals surface area contributed by atoms with E-state index in [1.807, 2.05) is 44.3 Å². The first kappa shape index (κ1) is 16.0. The lowest BCUT2D eigenvalue weighted by atomic mass is 9.98. The topological polar surface area (TPSA) is 21.3 Å². The van der Waals surface area contributed by atoms with Crippen molar-refractivity contribution in [2.24, 2.45) is 0 Å². The third kappa shape index (κ3) is 4.05. The van der Waals surface area contributed by atoms with Gasteiger partial charge in [0.05, 0.1) is 11.1 Å². The minimum Gasteiger partial charge on any atom is -0.494 e. The largest absolute Gasteiger partial charge is 0.494 e. The maximum absolute atomic E-state index is 13.3. The van der Waals surface area contributed by atoms with Gasteiger partial charge in [-0.2, -0.15) is 0 Å². The number of para-hydroxylation sites is 1. The number of nitrogens with one attached hydrogen (secondary N) is 1. The van der Waals surface area contributed by atoms with E-state index in [1.54, 1.807) is 0 Å². The molecule has 0 saturated carbocycles. The summed E-state index contributed by atoms with van der Waals surface area (Å²) in [7, 11) is 1.92. The Morgan fingerprint density at radius 2 is 2.00 bits per heavy atom. The average molecular weight is 352 g/mol. The molecule has 1 N–H and O–H groups in total. The monoisotopic (exact) mass is 351 g/mol. The van der Waals surface area contributed by atoms with Gasteiger partial charge in [-0.15, -0.1) is 0 Å². The Balaban J connectivity index is 2.25. The van der Waals surface area contributed by atoms with Crippen molar-refractivity contribution in [3.8, 4) is 5.75 Å². The summed E-state index contributed by atoms with van der Waals surface area (Å²) in [5.41, 5.74) is 2.18. The van der Waals surface area contributed by atoms with E-state index in [2.05, 4.69) is 27.3 Å². The van der Waals surface area contributed by atoms with Crippen LogP contribution in [0.3, 0.4) is 0 Å². The molecule has 0 aliphatic rings. The van der Waals surface area contributed by atoms with Crippen LogP contribution in [0.5, 0.6) is 5.75 Å². The van der Waals surface area contributed by atoms with Crippen LogP contribution >= 0.6 is 15.9 Å². The van der Waals surface area contributed by atoms with Crippen LogP contribution in [-0.2, 0) is 6.42 Å². The molecule has 21 heavy (non-hydrogen) atoms. The van der Waals surface area contributed by atoms with Crippen molar-refractivity contribution in [2.75, 3.05) is 13.7 Å². The highest BCUT2D eigenvalue weighted by Gasteiger charge is 2.15. The minimum absolute atomic E-state index is 0.116. The summed E-state index contributed by atoms with van der Waals surface area (Å²) in [6.45, 7) is 2.61. The maximum atomic E-state index is 13.3. The van der Waals surface area contributed by atoms with E-state index in [9.17, 15) is 4.39 Å². The standard InChI is InChI=1S/C17H19BrFNO/c1-3-21-17-7-5-4-6-13(17)16(20-2)11-12-8-9-15(19)14(18)10-12/h4-10,16,20H,3,11H2,1-2H3. The molecule has 0 spiro atoms. The SMILES string of the molecule is CCOc1ccccc1C(Cc1ccc(F)c(Br)c1)NC. The quantitative estimate of drug-likeness (QED) is 0.827. The molecule has 2 aromatic rings. The Morgan fingerprint density at radius 1 is 1.24 bits per heavy atom. The molecule has 0 amide bonds. The molecule has 4 heteroatoms. The van der Waals surface area contributed by atoms with E-state index in [1.165, 1.54) is 6.07 Å². The second kappa shape index (κ2) is 7.57. The molecule has 0 saturated heterocycles. The lowest BCUT2D eigenvalue weighted by Gasteiger charge is -2.20. The first-order valence-electron chi connectivity index (χ1n) is 6.98. The second-order valence-electron chi connectivity index (χ2n) is 4.76. The van der Waals surface area contributed by atoms with Crippen LogP contribution in [0.15, 0.2) is 46.9 Å². The molecule has 0 aliphatic heterocycles. The van der Waals surface area contributed by atoms with Gasteiger partial charge in [-0.05, 0) is 60.1 Å². The molecular formula is C17H19BrFNO. The number of ether oxygens (including phenoxy) is 1. The van der Waals surface area contributed by atoms with E-state index in [0.29, 0.717) is 11.1 Å². The predicted molar refractivity (Wildman–Crippen MR) is 87.2 cm³/mol. The fourth-order valence-corrected chi connectivity index (χ4v) is 2.75. The smallest absolute Gasteiger partial charge is 0.137 e. The van der Waals surface area contributed by atoms with Crippen molar-refractivity contribution in [3.63, 3.8) is 0 Å². The van der Waals surface area contributed by atoms with Gasteiger partial charge in [-0.3, -0.25) is 0 Å². The Hall–Kier alpha value is -1.39. The predicted octanol–water partition coefficient (Wildman–Crippen LogP) is 4.49. The summed E-state index contributed by atoms with van der Waals surface area (Å²) < 4.78 is 19.5. The normalized spacial score (nSPS) is 12.2. The lowest BCUT2D eigenvalue weighted by molar-refractivity contribution is 0.332. The Morgan fingerprint density at radius 3 is 2.67 bits per heavy atom. The van der Waals surface area contributed by atoms with E-state index >= 15 is 0 Å². The molecule has 0 radical (unpaired) electrons. The minimum atomic E-state index is -0.241. The average Bonchev–Trinajstić information content (AvgIpc) is 2.49. The third-order valence-electron chi connectivity index (χ3n) is 3.37. The Labute approximate surface area is 133 Å². The number of hydrogen-bond donors (Lipinski definition) is 1. The van der Waals surface area contributed by atoms with Crippen molar-refractivity contribution in [2.45, 2.75) is 19.4 Å². The summed E-state index contributed by atoms with van der Waals surface area (Å²) in [6.07, 6.45) is 0.763. The zero-order valence-corrected chi connectivity index (χ0v) is 13.8. The van der Waals surface area contributed by atoms with Crippen molar-refractivity contribution in [3.05, 3.63) is 63.9 Å². The molecule has 0 aromatic heterocycles. The van der Waals surface area contributed by atoms with Crippen molar-refractivity contribution in [1.29, 1.82) is 0 Å². The van der Waals surface area contributed by atoms with Gasteiger partial charge in [-0.1, -0.05) is 24.3 Å². The molecule has 0 heterocycles. The second-order valence-corrected chi connectivity index (χ2v) is 5.62. The first-order valence-corrected chi connectivity index (χ1v) is 7.78. The number of rotatable bonds is 6. The van der Waals surface area contributed by atoms with E-state index in [-0.39, 0.29) is 11.9 Å². The molecule has 2 rings (SSSR count). The number of likely N-dealkylation sites (N-methyl/N-ethyl adjacent to an activating group) is 1. The highest BCUT2D eigenvalue weighted by atomic mass is 79.9. The van der Waals surface area contributed by atoms with Crippen LogP contribution in [-0.4, -0.2) is 13.7 Å². The number of halogens is 2. The Bertz CT molecular complexity index is 603. The number of hydrogen-bond acceptors (Lipinski definition) is 2. The summed E-state index contributed by atoms with van der Waals surface area (Å²) in [5.74, 6) is 0.648. The molecule has 0 aliphatic carbocycles. The molecule has 112 valence electrons. The van der Waals surface area contributed by atoms with Gasteiger partial charge in [0, 0.05) is 11.6 Å². The van der Waals surface area contributed by atoms with Crippen LogP contribution in [0.2, 0.25) is 0 Å². The molecule has 0 fully saturated rings. The van der Waals surface area contributed by atoms with Crippen LogP contribution in [0.1, 0.15) is 24.1 Å². The van der Waals surface area contributed by atoms with Crippen molar-refractivity contribution >= 4 is 15.9 Å². The summed E-state index contributed by atoms with van der Waals surface area (Å²) in [5, 5.41) is 3.31. The van der Waals surface area contributed by atoms with Crippen LogP contribution < -0.4 is 10.1 Å². The van der Waals surface area contributed by atoms with E-state index in [0.717, 1.165) is 23.3 Å². The summed E-state index contributed by atoms with van der Waals surface area (Å²) in [6, 6.07) is 13.2. The maximum Gasteiger partial charge on any atom is 0.137 e. The summed E-state index contributed by atoms with van der Waals surface area (Å²) in [4.78, 5) is 0. The first-order chi connectivity index (χ1) is 10.2. The van der Waals surface area contributed by atoms with Crippen LogP contribution in [0, 0.1) is 5.82 Å². The van der Waals surface area contributed by atoms with Crippen LogP contribution in [0.25, 0.3) is 0 Å². The van der Waals surface area contributed by atoms with E-state index < -0.39 is 0 Å². The van der Waals surface area contributed by atoms with Crippen molar-refractivity contribution < 1.29 is 9.13 Å². The third-order valence-corrected chi connectivity index (χ3v) is 3.97. The molecule has 1 atom stereocenters. The molecule has 1 unspecified atom stereocenters. The summed E-state index contributed by atoms with van der Waals surface area (Å²) >= 11 is 3.23. The molecule has 2 aromatic carbocycles. The lowest BCUT2D eigenvalue weighted by Crippen LogP contribution is -2.19.